The van der Waals surface area contributed by atoms with Gasteiger partial charge in [0, 0.05) is 18.8 Å². The first kappa shape index (κ1) is 10.3. The molecule has 2 rings (SSSR count). The van der Waals surface area contributed by atoms with Crippen molar-refractivity contribution in [3.63, 3.8) is 0 Å². The molecule has 1 aliphatic heterocycles. The first-order chi connectivity index (χ1) is 7.24. The third kappa shape index (κ3) is 1.78. The molecule has 0 radical (unpaired) electrons. The molecule has 1 N–H and O–H groups in total. The molecule has 0 unspecified atom stereocenters. The predicted molar refractivity (Wildman–Crippen MR) is 60.1 cm³/mol. The highest BCUT2D eigenvalue weighted by atomic mass is 16.2. The second-order valence-corrected chi connectivity index (χ2v) is 4.15. The van der Waals surface area contributed by atoms with Crippen molar-refractivity contribution in [3.05, 3.63) is 23.0 Å². The van der Waals surface area contributed by atoms with Crippen LogP contribution in [-0.4, -0.2) is 17.0 Å². The van der Waals surface area contributed by atoms with Gasteiger partial charge in [-0.05, 0) is 31.4 Å². The molecule has 82 valence electrons. The van der Waals surface area contributed by atoms with Crippen molar-refractivity contribution in [1.82, 2.24) is 9.88 Å². The molecule has 0 aromatic carbocycles. The maximum Gasteiger partial charge on any atom is 0.267 e. The monoisotopic (exact) mass is 206 g/mol. The van der Waals surface area contributed by atoms with Crippen LogP contribution >= 0.6 is 0 Å². The Morgan fingerprint density at radius 2 is 2.33 bits per heavy atom. The molecule has 3 nitrogen and oxygen atoms in total. The number of hydrogen-bond acceptors (Lipinski definition) is 1. The molecular formula is C12H18N2O. The van der Waals surface area contributed by atoms with E-state index in [0.29, 0.717) is 0 Å². The lowest BCUT2D eigenvalue weighted by molar-refractivity contribution is 0.0927. The molecule has 1 aromatic heterocycles. The van der Waals surface area contributed by atoms with Gasteiger partial charge in [0.15, 0.2) is 0 Å². The zero-order chi connectivity index (χ0) is 10.8. The smallest absolute Gasteiger partial charge is 0.267 e. The summed E-state index contributed by atoms with van der Waals surface area (Å²) in [4.78, 5) is 11.6. The van der Waals surface area contributed by atoms with Crippen LogP contribution in [0.15, 0.2) is 6.07 Å². The minimum atomic E-state index is 0.0760. The number of aromatic nitrogens is 1. The lowest BCUT2D eigenvalue weighted by Gasteiger charge is -2.17. The summed E-state index contributed by atoms with van der Waals surface area (Å²) in [6.07, 6.45) is 3.49. The Bertz CT molecular complexity index is 379. The summed E-state index contributed by atoms with van der Waals surface area (Å²) in [5.74, 6) is 0.0760. The zero-order valence-corrected chi connectivity index (χ0v) is 9.47. The van der Waals surface area contributed by atoms with Crippen LogP contribution in [0, 0.1) is 6.92 Å². The SMILES string of the molecule is CCCCc1cc2n(c1C)CCNC2=O. The maximum atomic E-state index is 11.6. The van der Waals surface area contributed by atoms with Gasteiger partial charge in [-0.25, -0.2) is 0 Å². The number of aryl methyl sites for hydroxylation is 1. The number of nitrogens with one attached hydrogen (secondary N) is 1. The fourth-order valence-corrected chi connectivity index (χ4v) is 2.17. The summed E-state index contributed by atoms with van der Waals surface area (Å²) < 4.78 is 2.14. The molecule has 0 saturated heterocycles. The van der Waals surface area contributed by atoms with Crippen molar-refractivity contribution in [3.8, 4) is 0 Å². The van der Waals surface area contributed by atoms with E-state index in [1.54, 1.807) is 0 Å². The molecule has 1 aliphatic rings. The van der Waals surface area contributed by atoms with Crippen LogP contribution in [0.4, 0.5) is 0 Å². The van der Waals surface area contributed by atoms with Crippen molar-refractivity contribution in [2.75, 3.05) is 6.54 Å². The topological polar surface area (TPSA) is 34.0 Å². The van der Waals surface area contributed by atoms with Crippen molar-refractivity contribution < 1.29 is 4.79 Å². The van der Waals surface area contributed by atoms with Gasteiger partial charge in [-0.2, -0.15) is 0 Å². The fraction of sp³-hybridized carbons (Fsp3) is 0.583. The number of carbonyl (C=O) groups excluding carboxylic acids is 1. The molecule has 0 fully saturated rings. The number of rotatable bonds is 3. The van der Waals surface area contributed by atoms with E-state index in [1.165, 1.54) is 24.1 Å². The highest BCUT2D eigenvalue weighted by molar-refractivity contribution is 5.93. The Labute approximate surface area is 90.5 Å². The molecule has 3 heteroatoms. The second kappa shape index (κ2) is 4.09. The average molecular weight is 206 g/mol. The molecule has 0 aliphatic carbocycles. The summed E-state index contributed by atoms with van der Waals surface area (Å²) >= 11 is 0. The quantitative estimate of drug-likeness (QED) is 0.805. The fourth-order valence-electron chi connectivity index (χ4n) is 2.17. The van der Waals surface area contributed by atoms with E-state index in [9.17, 15) is 4.79 Å². The van der Waals surface area contributed by atoms with Crippen LogP contribution in [0.25, 0.3) is 0 Å². The molecule has 2 heterocycles. The van der Waals surface area contributed by atoms with Crippen molar-refractivity contribution in [2.45, 2.75) is 39.7 Å². The molecule has 0 bridgehead atoms. The summed E-state index contributed by atoms with van der Waals surface area (Å²) in [5.41, 5.74) is 3.45. The molecule has 1 amide bonds. The summed E-state index contributed by atoms with van der Waals surface area (Å²) in [6.45, 7) is 5.98. The molecule has 0 spiro atoms. The van der Waals surface area contributed by atoms with Gasteiger partial charge in [-0.15, -0.1) is 0 Å². The van der Waals surface area contributed by atoms with E-state index in [2.05, 4.69) is 29.8 Å². The highest BCUT2D eigenvalue weighted by Crippen LogP contribution is 2.19. The van der Waals surface area contributed by atoms with Gasteiger partial charge in [-0.3, -0.25) is 4.79 Å². The van der Waals surface area contributed by atoms with Crippen LogP contribution in [0.3, 0.4) is 0 Å². The van der Waals surface area contributed by atoms with Crippen LogP contribution in [-0.2, 0) is 13.0 Å². The molecule has 1 aromatic rings. The Kier molecular flexibility index (Phi) is 2.80. The number of unbranched alkanes of at least 4 members (excludes halogenated alkanes) is 1. The van der Waals surface area contributed by atoms with Crippen LogP contribution in [0.5, 0.6) is 0 Å². The first-order valence-corrected chi connectivity index (χ1v) is 5.71. The van der Waals surface area contributed by atoms with E-state index >= 15 is 0 Å². The minimum Gasteiger partial charge on any atom is -0.349 e. The second-order valence-electron chi connectivity index (χ2n) is 4.15. The van der Waals surface area contributed by atoms with Crippen molar-refractivity contribution in [2.24, 2.45) is 0 Å². The predicted octanol–water partition coefficient (Wildman–Crippen LogP) is 1.88. The van der Waals surface area contributed by atoms with E-state index < -0.39 is 0 Å². The van der Waals surface area contributed by atoms with Crippen LogP contribution < -0.4 is 5.32 Å². The summed E-state index contributed by atoms with van der Waals surface area (Å²) in [7, 11) is 0. The Hall–Kier alpha value is -1.25. The first-order valence-electron chi connectivity index (χ1n) is 5.71. The summed E-state index contributed by atoms with van der Waals surface area (Å²) in [5, 5.41) is 2.88. The lowest BCUT2D eigenvalue weighted by atomic mass is 10.1. The molecule has 0 saturated carbocycles. The number of fused-ring (bicyclic) bond motifs is 1. The number of amides is 1. The Morgan fingerprint density at radius 1 is 1.53 bits per heavy atom. The minimum absolute atomic E-state index is 0.0760. The molecule has 15 heavy (non-hydrogen) atoms. The third-order valence-electron chi connectivity index (χ3n) is 3.12. The normalized spacial score (nSPS) is 14.9. The van der Waals surface area contributed by atoms with Crippen molar-refractivity contribution >= 4 is 5.91 Å². The van der Waals surface area contributed by atoms with Gasteiger partial charge in [-0.1, -0.05) is 13.3 Å². The molecule has 0 atom stereocenters. The van der Waals surface area contributed by atoms with E-state index in [1.807, 2.05) is 0 Å². The highest BCUT2D eigenvalue weighted by Gasteiger charge is 2.20. The third-order valence-corrected chi connectivity index (χ3v) is 3.12. The Morgan fingerprint density at radius 3 is 3.00 bits per heavy atom. The van der Waals surface area contributed by atoms with Gasteiger partial charge in [0.05, 0.1) is 0 Å². The van der Waals surface area contributed by atoms with E-state index in [-0.39, 0.29) is 5.91 Å². The largest absolute Gasteiger partial charge is 0.349 e. The van der Waals surface area contributed by atoms with Gasteiger partial charge in [0.25, 0.3) is 5.91 Å². The van der Waals surface area contributed by atoms with Crippen LogP contribution in [0.2, 0.25) is 0 Å². The number of nitrogens with zero attached hydrogens (tertiary/aromatic N) is 1. The zero-order valence-electron chi connectivity index (χ0n) is 9.47. The standard InChI is InChI=1S/C12H18N2O/c1-3-4-5-10-8-11-12(15)13-6-7-14(11)9(10)2/h8H,3-7H2,1-2H3,(H,13,15). The van der Waals surface area contributed by atoms with Gasteiger partial charge in [0.1, 0.15) is 5.69 Å². The van der Waals surface area contributed by atoms with Gasteiger partial charge in [0.2, 0.25) is 0 Å². The molecular weight excluding hydrogens is 188 g/mol. The van der Waals surface area contributed by atoms with E-state index in [0.717, 1.165) is 25.2 Å². The van der Waals surface area contributed by atoms with E-state index in [4.69, 9.17) is 0 Å². The van der Waals surface area contributed by atoms with Gasteiger partial charge < -0.3 is 9.88 Å². The van der Waals surface area contributed by atoms with Gasteiger partial charge >= 0.3 is 0 Å². The maximum absolute atomic E-state index is 11.6. The summed E-state index contributed by atoms with van der Waals surface area (Å²) in [6, 6.07) is 2.06. The average Bonchev–Trinajstić information content (AvgIpc) is 2.55. The Balaban J connectivity index is 2.30. The number of hydrogen-bond donors (Lipinski definition) is 1. The lowest BCUT2D eigenvalue weighted by Crippen LogP contribution is -2.35. The van der Waals surface area contributed by atoms with Crippen LogP contribution in [0.1, 0.15) is 41.5 Å². The number of carbonyl (C=O) groups is 1. The van der Waals surface area contributed by atoms with Crippen molar-refractivity contribution in [1.29, 1.82) is 0 Å².